The third kappa shape index (κ3) is 8.12. The van der Waals surface area contributed by atoms with Crippen molar-refractivity contribution in [2.24, 2.45) is 5.92 Å². The van der Waals surface area contributed by atoms with Crippen molar-refractivity contribution in [3.8, 4) is 0 Å². The second kappa shape index (κ2) is 15.1. The number of hydrogen-bond donors (Lipinski definition) is 3. The van der Waals surface area contributed by atoms with Crippen molar-refractivity contribution >= 4 is 6.03 Å². The van der Waals surface area contributed by atoms with Crippen LogP contribution >= 0.6 is 0 Å². The Labute approximate surface area is 260 Å². The van der Waals surface area contributed by atoms with Gasteiger partial charge in [-0.05, 0) is 41.8 Å². The lowest BCUT2D eigenvalue weighted by molar-refractivity contribution is -0.276. The second-order valence-electron chi connectivity index (χ2n) is 11.6. The molecule has 5 rings (SSSR count). The smallest absolute Gasteiger partial charge is 0.315 e. The number of aliphatic hydroxyl groups is 1. The summed E-state index contributed by atoms with van der Waals surface area (Å²) in [6.45, 7) is 6.04. The lowest BCUT2D eigenvalue weighted by atomic mass is 9.89. The first-order valence-electron chi connectivity index (χ1n) is 15.3. The first kappa shape index (κ1) is 31.4. The van der Waals surface area contributed by atoms with Gasteiger partial charge in [-0.25, -0.2) is 4.79 Å². The zero-order valence-corrected chi connectivity index (χ0v) is 25.7. The Morgan fingerprint density at radius 3 is 1.93 bits per heavy atom. The lowest BCUT2D eigenvalue weighted by Crippen LogP contribution is -2.44. The fraction of sp³-hybridized carbons (Fsp3) is 0.324. The van der Waals surface area contributed by atoms with Gasteiger partial charge in [-0.2, -0.15) is 0 Å². The number of ether oxygens (including phenoxy) is 2. The normalized spacial score (nSPS) is 20.7. The van der Waals surface area contributed by atoms with E-state index in [-0.39, 0.29) is 36.8 Å². The fourth-order valence-electron chi connectivity index (χ4n) is 5.57. The summed E-state index contributed by atoms with van der Waals surface area (Å²) >= 11 is 0. The Morgan fingerprint density at radius 2 is 1.32 bits per heavy atom. The van der Waals surface area contributed by atoms with Gasteiger partial charge in [0.25, 0.3) is 0 Å². The minimum absolute atomic E-state index is 0.00772. The van der Waals surface area contributed by atoms with Crippen LogP contribution in [0.1, 0.15) is 65.7 Å². The number of hydrogen-bond acceptors (Lipinski definition) is 5. The highest BCUT2D eigenvalue weighted by Crippen LogP contribution is 2.42. The molecule has 230 valence electrons. The zero-order valence-electron chi connectivity index (χ0n) is 25.7. The van der Waals surface area contributed by atoms with Gasteiger partial charge in [0.05, 0.1) is 18.8 Å². The van der Waals surface area contributed by atoms with Gasteiger partial charge in [0.2, 0.25) is 0 Å². The van der Waals surface area contributed by atoms with E-state index in [1.807, 2.05) is 84.9 Å². The summed E-state index contributed by atoms with van der Waals surface area (Å²) in [5.74, 6) is 0.0921. The van der Waals surface area contributed by atoms with E-state index in [0.29, 0.717) is 13.1 Å². The first-order valence-corrected chi connectivity index (χ1v) is 15.3. The fourth-order valence-corrected chi connectivity index (χ4v) is 5.57. The van der Waals surface area contributed by atoms with Crippen molar-refractivity contribution in [1.29, 1.82) is 0 Å². The minimum atomic E-state index is -0.546. The molecule has 4 aromatic carbocycles. The number of urea groups is 1. The average Bonchev–Trinajstić information content (AvgIpc) is 3.08. The molecule has 0 bridgehead atoms. The predicted molar refractivity (Wildman–Crippen MR) is 172 cm³/mol. The average molecular weight is 594 g/mol. The quantitative estimate of drug-likeness (QED) is 0.181. The van der Waals surface area contributed by atoms with Crippen molar-refractivity contribution in [1.82, 2.24) is 15.5 Å². The van der Waals surface area contributed by atoms with E-state index in [1.165, 1.54) is 5.56 Å². The van der Waals surface area contributed by atoms with Crippen LogP contribution in [0.4, 0.5) is 4.79 Å². The summed E-state index contributed by atoms with van der Waals surface area (Å²) in [6.07, 6.45) is -0.806. The van der Waals surface area contributed by atoms with Crippen LogP contribution in [0.2, 0.25) is 0 Å². The summed E-state index contributed by atoms with van der Waals surface area (Å²) in [7, 11) is 2.14. The van der Waals surface area contributed by atoms with Crippen LogP contribution in [-0.4, -0.2) is 35.7 Å². The monoisotopic (exact) mass is 593 g/mol. The molecule has 1 heterocycles. The van der Waals surface area contributed by atoms with Gasteiger partial charge >= 0.3 is 6.03 Å². The minimum Gasteiger partial charge on any atom is -0.392 e. The van der Waals surface area contributed by atoms with Gasteiger partial charge in [0.1, 0.15) is 0 Å². The van der Waals surface area contributed by atoms with Crippen LogP contribution in [0.15, 0.2) is 109 Å². The van der Waals surface area contributed by atoms with Crippen molar-refractivity contribution < 1.29 is 19.4 Å². The molecule has 0 spiro atoms. The van der Waals surface area contributed by atoms with Crippen molar-refractivity contribution in [2.75, 3.05) is 13.6 Å². The van der Waals surface area contributed by atoms with Crippen molar-refractivity contribution in [3.63, 3.8) is 0 Å². The van der Waals surface area contributed by atoms with Gasteiger partial charge < -0.3 is 25.2 Å². The van der Waals surface area contributed by atoms with Gasteiger partial charge in [-0.1, -0.05) is 116 Å². The molecule has 3 N–H and O–H groups in total. The van der Waals surface area contributed by atoms with E-state index < -0.39 is 6.29 Å². The maximum absolute atomic E-state index is 12.3. The third-order valence-corrected chi connectivity index (χ3v) is 8.54. The number of benzene rings is 4. The SMILES string of the molecule is CC1C(CN(C)C(C)c2ccccc2)OC(c2ccc(CNC(=O)NCc3ccccc3)cc2)OC1c1ccc(CO)cc1. The number of nitrogens with zero attached hydrogens (tertiary/aromatic N) is 1. The molecule has 2 amide bonds. The highest BCUT2D eigenvalue weighted by atomic mass is 16.7. The molecule has 7 nitrogen and oxygen atoms in total. The van der Waals surface area contributed by atoms with Crippen molar-refractivity contribution in [3.05, 3.63) is 143 Å². The van der Waals surface area contributed by atoms with Crippen LogP contribution < -0.4 is 10.6 Å². The van der Waals surface area contributed by atoms with Gasteiger partial charge in [-0.15, -0.1) is 0 Å². The Kier molecular flexibility index (Phi) is 10.8. The molecule has 5 unspecified atom stereocenters. The second-order valence-corrected chi connectivity index (χ2v) is 11.6. The van der Waals surface area contributed by atoms with E-state index in [2.05, 4.69) is 60.7 Å². The van der Waals surface area contributed by atoms with Crippen molar-refractivity contribution in [2.45, 2.75) is 58.1 Å². The number of carbonyl (C=O) groups is 1. The molecule has 0 saturated carbocycles. The van der Waals surface area contributed by atoms with E-state index in [0.717, 1.165) is 34.4 Å². The molecule has 5 atom stereocenters. The Bertz CT molecular complexity index is 1450. The molecular weight excluding hydrogens is 550 g/mol. The van der Waals surface area contributed by atoms with Crippen LogP contribution in [0.5, 0.6) is 0 Å². The van der Waals surface area contributed by atoms with E-state index in [1.54, 1.807) is 0 Å². The van der Waals surface area contributed by atoms with E-state index in [4.69, 9.17) is 9.47 Å². The molecule has 7 heteroatoms. The highest BCUT2D eigenvalue weighted by Gasteiger charge is 2.39. The summed E-state index contributed by atoms with van der Waals surface area (Å²) in [6, 6.07) is 36.4. The zero-order chi connectivity index (χ0) is 30.9. The highest BCUT2D eigenvalue weighted by molar-refractivity contribution is 5.73. The lowest BCUT2D eigenvalue weighted by Gasteiger charge is -2.43. The Hall–Kier alpha value is -4.01. The topological polar surface area (TPSA) is 83.1 Å². The number of likely N-dealkylation sites (N-methyl/N-ethyl adjacent to an activating group) is 1. The molecule has 0 aromatic heterocycles. The molecule has 1 fully saturated rings. The Morgan fingerprint density at radius 1 is 0.773 bits per heavy atom. The van der Waals surface area contributed by atoms with Gasteiger partial charge in [0.15, 0.2) is 6.29 Å². The molecule has 0 radical (unpaired) electrons. The predicted octanol–water partition coefficient (Wildman–Crippen LogP) is 6.66. The first-order chi connectivity index (χ1) is 21.4. The largest absolute Gasteiger partial charge is 0.392 e. The number of aliphatic hydroxyl groups excluding tert-OH is 1. The number of rotatable bonds is 11. The van der Waals surface area contributed by atoms with Crippen LogP contribution in [0, 0.1) is 5.92 Å². The van der Waals surface area contributed by atoms with Gasteiger partial charge in [0, 0.05) is 37.2 Å². The molecule has 1 saturated heterocycles. The summed E-state index contributed by atoms with van der Waals surface area (Å²) in [5.41, 5.74) is 6.16. The summed E-state index contributed by atoms with van der Waals surface area (Å²) in [4.78, 5) is 14.7. The molecule has 1 aliphatic rings. The molecular formula is C37H43N3O4. The van der Waals surface area contributed by atoms with Crippen LogP contribution in [0.3, 0.4) is 0 Å². The molecule has 0 aliphatic carbocycles. The number of nitrogens with one attached hydrogen (secondary N) is 2. The standard InChI is InChI=1S/C37H43N3O4/c1-26-34(24-40(3)27(2)31-12-8-5-9-13-31)43-36(44-35(26)32-18-16-30(25-41)17-19-32)33-20-14-29(15-21-33)23-39-37(42)38-22-28-10-6-4-7-11-28/h4-21,26-27,34-36,41H,22-25H2,1-3H3,(H2,38,39,42). The maximum atomic E-state index is 12.3. The number of carbonyl (C=O) groups excluding carboxylic acids is 1. The molecule has 4 aromatic rings. The third-order valence-electron chi connectivity index (χ3n) is 8.54. The van der Waals surface area contributed by atoms with Crippen LogP contribution in [0.25, 0.3) is 0 Å². The molecule has 1 aliphatic heterocycles. The van der Waals surface area contributed by atoms with Gasteiger partial charge in [-0.3, -0.25) is 4.90 Å². The van der Waals surface area contributed by atoms with Crippen LogP contribution in [-0.2, 0) is 29.2 Å². The summed E-state index contributed by atoms with van der Waals surface area (Å²) < 4.78 is 13.3. The van der Waals surface area contributed by atoms with E-state index in [9.17, 15) is 9.90 Å². The van der Waals surface area contributed by atoms with E-state index >= 15 is 0 Å². The number of amides is 2. The maximum Gasteiger partial charge on any atom is 0.315 e. The molecule has 44 heavy (non-hydrogen) atoms. The Balaban J connectivity index is 1.26. The summed E-state index contributed by atoms with van der Waals surface area (Å²) in [5, 5.41) is 15.4.